The maximum absolute atomic E-state index is 12.8. The van der Waals surface area contributed by atoms with Gasteiger partial charge in [0, 0.05) is 12.6 Å². The van der Waals surface area contributed by atoms with Crippen LogP contribution < -0.4 is 28.3 Å². The highest BCUT2D eigenvalue weighted by Gasteiger charge is 2.52. The zero-order valence-electron chi connectivity index (χ0n) is 23.7. The van der Waals surface area contributed by atoms with Crippen molar-refractivity contribution in [1.82, 2.24) is 10.4 Å². The minimum atomic E-state index is -1.76. The molecule has 0 aromatic carbocycles. The Morgan fingerprint density at radius 3 is 2.07 bits per heavy atom. The number of aliphatic hydroxyl groups excluding tert-OH is 7. The number of ether oxygens (including phenoxy) is 4. The van der Waals surface area contributed by atoms with E-state index in [1.165, 1.54) is 0 Å². The van der Waals surface area contributed by atoms with Gasteiger partial charge in [0.15, 0.2) is 12.6 Å². The van der Waals surface area contributed by atoms with Crippen LogP contribution in [0.5, 0.6) is 0 Å². The van der Waals surface area contributed by atoms with Crippen molar-refractivity contribution < 1.29 is 64.7 Å². The Hall–Kier alpha value is -1.37. The number of urea groups is 1. The number of carbonyl (C=O) groups excluding carboxylic acids is 1. The lowest BCUT2D eigenvalue weighted by Gasteiger charge is -2.48. The van der Waals surface area contributed by atoms with Crippen molar-refractivity contribution in [3.8, 4) is 0 Å². The summed E-state index contributed by atoms with van der Waals surface area (Å²) < 4.78 is 22.6. The first-order valence-electron chi connectivity index (χ1n) is 14.3. The van der Waals surface area contributed by atoms with E-state index >= 15 is 0 Å². The minimum Gasteiger partial charge on any atom is -0.394 e. The summed E-state index contributed by atoms with van der Waals surface area (Å²) >= 11 is 0. The fraction of sp³-hybridized carbons (Fsp3) is 0.958. The first-order chi connectivity index (χ1) is 20.4. The number of nitrogens with one attached hydrogen (secondary N) is 1. The zero-order valence-corrected chi connectivity index (χ0v) is 23.7. The fourth-order valence-corrected chi connectivity index (χ4v) is 5.42. The molecule has 2 amide bonds. The number of aliphatic hydroxyl groups is 7. The molecule has 19 nitrogen and oxygen atoms in total. The molecule has 0 unspecified atom stereocenters. The van der Waals surface area contributed by atoms with E-state index < -0.39 is 104 Å². The van der Waals surface area contributed by atoms with Gasteiger partial charge in [0.1, 0.15) is 61.0 Å². The van der Waals surface area contributed by atoms with Gasteiger partial charge < -0.3 is 82.9 Å². The molecule has 43 heavy (non-hydrogen) atoms. The lowest BCUT2D eigenvalue weighted by Crippen LogP contribution is -2.69. The number of hydrogen-bond donors (Lipinski definition) is 13. The van der Waals surface area contributed by atoms with Crippen LogP contribution in [0, 0.1) is 0 Å². The summed E-state index contributed by atoms with van der Waals surface area (Å²) in [7, 11) is 0. The standard InChI is InChI=1S/C24H48N6O13/c25-4-2-1-3-5-30(39)24(38)29-10-6-9(27)20(42-23-18(36)17(35)15(33)11(7-26)40-23)19(37)21(10)43-22-16(34)13(28)14(32)12(8-31)41-22/h9-23,31-37,39H,1-8,25-28H2,(H,29,38)/t9-,10+,11+,12-,13+,14-,15+,16-,17-,18+,19-,20+,21-,22-,23+/m0/s1. The molecule has 1 saturated carbocycles. The quantitative estimate of drug-likeness (QED) is 0.0542. The van der Waals surface area contributed by atoms with E-state index in [0.717, 1.165) is 0 Å². The predicted octanol–water partition coefficient (Wildman–Crippen LogP) is -6.72. The Labute approximate surface area is 248 Å². The highest BCUT2D eigenvalue weighted by Crippen LogP contribution is 2.32. The van der Waals surface area contributed by atoms with Gasteiger partial charge in [-0.25, -0.2) is 9.86 Å². The molecule has 3 rings (SSSR count). The van der Waals surface area contributed by atoms with E-state index in [9.17, 15) is 45.7 Å². The number of amides is 2. The molecule has 2 heterocycles. The number of rotatable bonds is 12. The third-order valence-corrected chi connectivity index (χ3v) is 8.06. The average Bonchev–Trinajstić information content (AvgIpc) is 2.98. The summed E-state index contributed by atoms with van der Waals surface area (Å²) in [6.45, 7) is -0.474. The van der Waals surface area contributed by atoms with Crippen molar-refractivity contribution in [2.45, 2.75) is 117 Å². The molecule has 0 aromatic heterocycles. The van der Waals surface area contributed by atoms with Gasteiger partial charge in [-0.15, -0.1) is 0 Å². The fourth-order valence-electron chi connectivity index (χ4n) is 5.42. The second kappa shape index (κ2) is 16.3. The Kier molecular flexibility index (Phi) is 13.7. The van der Waals surface area contributed by atoms with Crippen molar-refractivity contribution in [3.63, 3.8) is 0 Å². The molecule has 2 aliphatic heterocycles. The van der Waals surface area contributed by atoms with Gasteiger partial charge in [-0.2, -0.15) is 0 Å². The van der Waals surface area contributed by atoms with Crippen molar-refractivity contribution >= 4 is 6.03 Å². The van der Waals surface area contributed by atoms with Crippen LogP contribution in [0.15, 0.2) is 0 Å². The molecular weight excluding hydrogens is 580 g/mol. The van der Waals surface area contributed by atoms with Crippen LogP contribution in [0.4, 0.5) is 4.79 Å². The van der Waals surface area contributed by atoms with Gasteiger partial charge in [0.25, 0.3) is 0 Å². The smallest absolute Gasteiger partial charge is 0.341 e. The van der Waals surface area contributed by atoms with Crippen molar-refractivity contribution in [1.29, 1.82) is 0 Å². The third kappa shape index (κ3) is 8.47. The first kappa shape index (κ1) is 36.1. The van der Waals surface area contributed by atoms with E-state index in [2.05, 4.69) is 5.32 Å². The maximum Gasteiger partial charge on any atom is 0.341 e. The molecule has 0 aromatic rings. The predicted molar refractivity (Wildman–Crippen MR) is 144 cm³/mol. The third-order valence-electron chi connectivity index (χ3n) is 8.06. The van der Waals surface area contributed by atoms with Gasteiger partial charge in [0.2, 0.25) is 0 Å². The number of hydrogen-bond acceptors (Lipinski definition) is 17. The Balaban J connectivity index is 1.81. The summed E-state index contributed by atoms with van der Waals surface area (Å²) in [4.78, 5) is 12.8. The van der Waals surface area contributed by atoms with Crippen LogP contribution in [-0.4, -0.2) is 170 Å². The van der Waals surface area contributed by atoms with Crippen molar-refractivity contribution in [2.75, 3.05) is 26.2 Å². The highest BCUT2D eigenvalue weighted by atomic mass is 16.7. The lowest BCUT2D eigenvalue weighted by atomic mass is 9.83. The molecule has 15 atom stereocenters. The summed E-state index contributed by atoms with van der Waals surface area (Å²) in [6.07, 6.45) is -16.5. The lowest BCUT2D eigenvalue weighted by molar-refractivity contribution is -0.332. The van der Waals surface area contributed by atoms with E-state index in [4.69, 9.17) is 41.9 Å². The van der Waals surface area contributed by atoms with Crippen LogP contribution in [0.25, 0.3) is 0 Å². The van der Waals surface area contributed by atoms with Crippen molar-refractivity contribution in [3.05, 3.63) is 0 Å². The van der Waals surface area contributed by atoms with Crippen LogP contribution in [0.3, 0.4) is 0 Å². The van der Waals surface area contributed by atoms with Gasteiger partial charge in [-0.1, -0.05) is 6.42 Å². The number of unbranched alkanes of at least 4 members (excludes halogenated alkanes) is 2. The second-order valence-electron chi connectivity index (χ2n) is 11.2. The average molecular weight is 629 g/mol. The van der Waals surface area contributed by atoms with Gasteiger partial charge >= 0.3 is 6.03 Å². The molecule has 0 bridgehead atoms. The van der Waals surface area contributed by atoms with Crippen LogP contribution in [0.1, 0.15) is 25.7 Å². The number of carbonyl (C=O) groups is 1. The summed E-state index contributed by atoms with van der Waals surface area (Å²) in [5.41, 5.74) is 23.2. The monoisotopic (exact) mass is 628 g/mol. The topological polar surface area (TPSA) is 335 Å². The number of nitrogens with two attached hydrogens (primary N) is 4. The molecule has 1 aliphatic carbocycles. The molecule has 19 heteroatoms. The van der Waals surface area contributed by atoms with Gasteiger partial charge in [-0.3, -0.25) is 5.21 Å². The summed E-state index contributed by atoms with van der Waals surface area (Å²) in [5.74, 6) is 0. The maximum atomic E-state index is 12.8. The molecule has 2 saturated heterocycles. The molecule has 3 aliphatic rings. The largest absolute Gasteiger partial charge is 0.394 e. The molecule has 0 spiro atoms. The Morgan fingerprint density at radius 2 is 1.44 bits per heavy atom. The molecule has 17 N–H and O–H groups in total. The number of hydroxylamine groups is 2. The summed E-state index contributed by atoms with van der Waals surface area (Å²) in [5, 5.41) is 85.9. The second-order valence-corrected chi connectivity index (χ2v) is 11.2. The Morgan fingerprint density at radius 1 is 0.814 bits per heavy atom. The summed E-state index contributed by atoms with van der Waals surface area (Å²) in [6, 6.07) is -4.43. The zero-order chi connectivity index (χ0) is 32.0. The minimum absolute atomic E-state index is 0.0206. The SMILES string of the molecule is NCCCCCN(O)C(=O)N[C@@H]1C[C@H](N)[C@@H](O[C@H]2O[C@H](CN)[C@@H](O)[C@H](O)[C@H]2O)[C@H](O)[C@H]1O[C@@H]1O[C@@H](CO)[C@H](O)[C@@H](N)[C@@H]1O. The van der Waals surface area contributed by atoms with Crippen LogP contribution in [0.2, 0.25) is 0 Å². The molecule has 252 valence electrons. The first-order valence-corrected chi connectivity index (χ1v) is 14.3. The van der Waals surface area contributed by atoms with Crippen LogP contribution >= 0.6 is 0 Å². The molecule has 0 radical (unpaired) electrons. The highest BCUT2D eigenvalue weighted by molar-refractivity contribution is 5.73. The van der Waals surface area contributed by atoms with E-state index in [1.807, 2.05) is 0 Å². The number of nitrogens with zero attached hydrogens (tertiary/aromatic N) is 1. The van der Waals surface area contributed by atoms with Gasteiger partial charge in [0.05, 0.1) is 25.2 Å². The molecular formula is C24H48N6O13. The van der Waals surface area contributed by atoms with Gasteiger partial charge in [-0.05, 0) is 25.8 Å². The normalized spacial score (nSPS) is 43.8. The molecule has 3 fully saturated rings. The van der Waals surface area contributed by atoms with E-state index in [-0.39, 0.29) is 19.5 Å². The van der Waals surface area contributed by atoms with Crippen molar-refractivity contribution in [2.24, 2.45) is 22.9 Å². The Bertz CT molecular complexity index is 865. The van der Waals surface area contributed by atoms with E-state index in [0.29, 0.717) is 30.9 Å². The van der Waals surface area contributed by atoms with Crippen LogP contribution in [-0.2, 0) is 18.9 Å². The van der Waals surface area contributed by atoms with E-state index in [1.54, 1.807) is 0 Å².